The SMILES string of the molecule is CC(C)(C)OC(=O)N1CCC(Oc2ccc(N(CC=Cc3cccc(C#N)c3)CCO)cc2)CC1. The van der Waals surface area contributed by atoms with Crippen LogP contribution in [-0.4, -0.2) is 60.6 Å². The van der Waals surface area contributed by atoms with E-state index in [2.05, 4.69) is 11.0 Å². The van der Waals surface area contributed by atoms with E-state index in [-0.39, 0.29) is 18.8 Å². The number of likely N-dealkylation sites (tertiary alicyclic amines) is 1. The molecular formula is C28H35N3O4. The Bertz CT molecular complexity index is 1030. The number of anilines is 1. The number of nitrogens with zero attached hydrogens (tertiary/aromatic N) is 3. The Morgan fingerprint density at radius 3 is 2.54 bits per heavy atom. The maximum absolute atomic E-state index is 12.2. The molecule has 1 heterocycles. The highest BCUT2D eigenvalue weighted by molar-refractivity contribution is 5.68. The van der Waals surface area contributed by atoms with Crippen molar-refractivity contribution < 1.29 is 19.4 Å². The van der Waals surface area contributed by atoms with E-state index in [1.54, 1.807) is 11.0 Å². The molecule has 0 saturated carbocycles. The molecule has 1 saturated heterocycles. The van der Waals surface area contributed by atoms with Crippen molar-refractivity contribution in [2.75, 3.05) is 37.7 Å². The molecule has 35 heavy (non-hydrogen) atoms. The number of piperidine rings is 1. The normalized spacial score (nSPS) is 14.5. The molecule has 0 unspecified atom stereocenters. The molecule has 3 rings (SSSR count). The van der Waals surface area contributed by atoms with Gasteiger partial charge in [0.25, 0.3) is 0 Å². The van der Waals surface area contributed by atoms with Crippen LogP contribution in [0.5, 0.6) is 5.75 Å². The number of amides is 1. The summed E-state index contributed by atoms with van der Waals surface area (Å²) in [6.45, 7) is 8.03. The highest BCUT2D eigenvalue weighted by Gasteiger charge is 2.27. The first kappa shape index (κ1) is 26.1. The summed E-state index contributed by atoms with van der Waals surface area (Å²) in [5.74, 6) is 0.789. The fourth-order valence-corrected chi connectivity index (χ4v) is 3.89. The van der Waals surface area contributed by atoms with Crippen molar-refractivity contribution in [2.24, 2.45) is 0 Å². The average Bonchev–Trinajstić information content (AvgIpc) is 2.83. The molecule has 7 nitrogen and oxygen atoms in total. The molecule has 0 bridgehead atoms. The Balaban J connectivity index is 1.52. The summed E-state index contributed by atoms with van der Waals surface area (Å²) in [7, 11) is 0. The minimum absolute atomic E-state index is 0.0478. The van der Waals surface area contributed by atoms with Crippen LogP contribution in [0, 0.1) is 11.3 Å². The molecule has 7 heteroatoms. The fraction of sp³-hybridized carbons (Fsp3) is 0.429. The zero-order chi connectivity index (χ0) is 25.3. The maximum atomic E-state index is 12.2. The smallest absolute Gasteiger partial charge is 0.410 e. The molecule has 0 aliphatic carbocycles. The summed E-state index contributed by atoms with van der Waals surface area (Å²) in [5, 5.41) is 18.6. The summed E-state index contributed by atoms with van der Waals surface area (Å²) in [6.07, 6.45) is 5.31. The van der Waals surface area contributed by atoms with Crippen molar-refractivity contribution in [3.63, 3.8) is 0 Å². The van der Waals surface area contributed by atoms with E-state index in [0.29, 0.717) is 31.7 Å². The second-order valence-electron chi connectivity index (χ2n) is 9.59. The topological polar surface area (TPSA) is 86.0 Å². The van der Waals surface area contributed by atoms with E-state index in [9.17, 15) is 9.90 Å². The van der Waals surface area contributed by atoms with Gasteiger partial charge in [0.05, 0.1) is 18.2 Å². The molecule has 0 spiro atoms. The molecule has 1 aliphatic rings. The molecule has 186 valence electrons. The molecule has 1 N–H and O–H groups in total. The van der Waals surface area contributed by atoms with E-state index in [0.717, 1.165) is 29.8 Å². The highest BCUT2D eigenvalue weighted by Crippen LogP contribution is 2.24. The number of carbonyl (C=O) groups is 1. The second kappa shape index (κ2) is 12.3. The Labute approximate surface area is 208 Å². The van der Waals surface area contributed by atoms with E-state index < -0.39 is 5.60 Å². The summed E-state index contributed by atoms with van der Waals surface area (Å²) >= 11 is 0. The number of nitriles is 1. The lowest BCUT2D eigenvalue weighted by Crippen LogP contribution is -2.44. The zero-order valence-electron chi connectivity index (χ0n) is 20.8. The first-order valence-electron chi connectivity index (χ1n) is 12.0. The molecule has 2 aromatic rings. The van der Waals surface area contributed by atoms with Crippen molar-refractivity contribution >= 4 is 17.9 Å². The third-order valence-corrected chi connectivity index (χ3v) is 5.62. The Kier molecular flexibility index (Phi) is 9.16. The van der Waals surface area contributed by atoms with Crippen LogP contribution in [0.4, 0.5) is 10.5 Å². The van der Waals surface area contributed by atoms with Gasteiger partial charge in [-0.05, 0) is 62.7 Å². The molecule has 1 amide bonds. The van der Waals surface area contributed by atoms with Crippen molar-refractivity contribution in [3.8, 4) is 11.8 Å². The lowest BCUT2D eigenvalue weighted by atomic mass is 10.1. The molecule has 0 atom stereocenters. The Morgan fingerprint density at radius 2 is 1.91 bits per heavy atom. The van der Waals surface area contributed by atoms with E-state index in [4.69, 9.17) is 14.7 Å². The number of carbonyl (C=O) groups excluding carboxylic acids is 1. The van der Waals surface area contributed by atoms with Crippen LogP contribution in [0.15, 0.2) is 54.6 Å². The van der Waals surface area contributed by atoms with E-state index in [1.165, 1.54) is 0 Å². The van der Waals surface area contributed by atoms with Crippen LogP contribution in [-0.2, 0) is 4.74 Å². The third-order valence-electron chi connectivity index (χ3n) is 5.62. The number of rotatable bonds is 8. The van der Waals surface area contributed by atoms with Gasteiger partial charge in [0.2, 0.25) is 0 Å². The van der Waals surface area contributed by atoms with Gasteiger partial charge in [-0.15, -0.1) is 0 Å². The lowest BCUT2D eigenvalue weighted by molar-refractivity contribution is 0.0126. The van der Waals surface area contributed by atoms with E-state index in [1.807, 2.05) is 75.4 Å². The van der Waals surface area contributed by atoms with Gasteiger partial charge in [0.1, 0.15) is 17.5 Å². The summed E-state index contributed by atoms with van der Waals surface area (Å²) in [5.41, 5.74) is 2.09. The highest BCUT2D eigenvalue weighted by atomic mass is 16.6. The predicted octanol–water partition coefficient (Wildman–Crippen LogP) is 4.85. The molecule has 0 radical (unpaired) electrons. The molecule has 1 fully saturated rings. The van der Waals surface area contributed by atoms with Crippen LogP contribution < -0.4 is 9.64 Å². The molecule has 2 aromatic carbocycles. The monoisotopic (exact) mass is 477 g/mol. The van der Waals surface area contributed by atoms with E-state index >= 15 is 0 Å². The second-order valence-corrected chi connectivity index (χ2v) is 9.59. The summed E-state index contributed by atoms with van der Waals surface area (Å²) in [4.78, 5) is 16.1. The summed E-state index contributed by atoms with van der Waals surface area (Å²) < 4.78 is 11.6. The van der Waals surface area contributed by atoms with Gasteiger partial charge < -0.3 is 24.4 Å². The number of hydrogen-bond donors (Lipinski definition) is 1. The standard InChI is InChI=1S/C28H35N3O4/c1-28(2,3)35-27(33)31-16-13-26(14-17-31)34-25-11-9-24(10-12-25)30(18-19-32)15-5-8-22-6-4-7-23(20-22)21-29/h4-12,20,26,32H,13-19H2,1-3H3. The minimum atomic E-state index is -0.492. The largest absolute Gasteiger partial charge is 0.490 e. The van der Waals surface area contributed by atoms with Crippen molar-refractivity contribution in [1.82, 2.24) is 4.90 Å². The van der Waals surface area contributed by atoms with Crippen molar-refractivity contribution in [1.29, 1.82) is 5.26 Å². The van der Waals surface area contributed by atoms with Gasteiger partial charge in [-0.1, -0.05) is 24.3 Å². The molecule has 1 aliphatic heterocycles. The molecular weight excluding hydrogens is 442 g/mol. The quantitative estimate of drug-likeness (QED) is 0.585. The Morgan fingerprint density at radius 1 is 1.20 bits per heavy atom. The lowest BCUT2D eigenvalue weighted by Gasteiger charge is -2.33. The Hall–Kier alpha value is -3.50. The van der Waals surface area contributed by atoms with Crippen LogP contribution in [0.25, 0.3) is 6.08 Å². The van der Waals surface area contributed by atoms with Gasteiger partial charge >= 0.3 is 6.09 Å². The first-order valence-corrected chi connectivity index (χ1v) is 12.0. The van der Waals surface area contributed by atoms with Crippen molar-refractivity contribution in [2.45, 2.75) is 45.3 Å². The number of hydrogen-bond acceptors (Lipinski definition) is 6. The fourth-order valence-electron chi connectivity index (χ4n) is 3.89. The van der Waals surface area contributed by atoms with Crippen LogP contribution in [0.3, 0.4) is 0 Å². The van der Waals surface area contributed by atoms with Crippen LogP contribution >= 0.6 is 0 Å². The van der Waals surface area contributed by atoms with Gasteiger partial charge in [-0.3, -0.25) is 0 Å². The van der Waals surface area contributed by atoms with Gasteiger partial charge in [-0.25, -0.2) is 4.79 Å². The number of aliphatic hydroxyl groups excluding tert-OH is 1. The van der Waals surface area contributed by atoms with Gasteiger partial charge in [0, 0.05) is 44.7 Å². The average molecular weight is 478 g/mol. The predicted molar refractivity (Wildman–Crippen MR) is 137 cm³/mol. The maximum Gasteiger partial charge on any atom is 0.410 e. The van der Waals surface area contributed by atoms with Crippen molar-refractivity contribution in [3.05, 3.63) is 65.7 Å². The summed E-state index contributed by atoms with van der Waals surface area (Å²) in [6, 6.07) is 17.5. The van der Waals surface area contributed by atoms with Crippen LogP contribution in [0.2, 0.25) is 0 Å². The number of benzene rings is 2. The number of aliphatic hydroxyl groups is 1. The zero-order valence-corrected chi connectivity index (χ0v) is 20.8. The van der Waals surface area contributed by atoms with Gasteiger partial charge in [0.15, 0.2) is 0 Å². The minimum Gasteiger partial charge on any atom is -0.490 e. The van der Waals surface area contributed by atoms with Gasteiger partial charge in [-0.2, -0.15) is 5.26 Å². The van der Waals surface area contributed by atoms with Crippen LogP contribution in [0.1, 0.15) is 44.7 Å². The molecule has 0 aromatic heterocycles. The first-order chi connectivity index (χ1) is 16.8. The number of ether oxygens (including phenoxy) is 2. The third kappa shape index (κ3) is 8.34.